The summed E-state index contributed by atoms with van der Waals surface area (Å²) in [5.74, 6) is 0.0463. The van der Waals surface area contributed by atoms with Gasteiger partial charge >= 0.3 is 5.76 Å². The summed E-state index contributed by atoms with van der Waals surface area (Å²) >= 11 is 0. The minimum Gasteiger partial charge on any atom is -0.414 e. The van der Waals surface area contributed by atoms with Gasteiger partial charge in [0.05, 0.1) is 5.56 Å². The lowest BCUT2D eigenvalue weighted by atomic mass is 9.98. The van der Waals surface area contributed by atoms with Crippen LogP contribution in [-0.4, -0.2) is 4.57 Å². The molecule has 0 radical (unpaired) electrons. The summed E-state index contributed by atoms with van der Waals surface area (Å²) in [4.78, 5) is 22.6. The van der Waals surface area contributed by atoms with E-state index in [1.54, 1.807) is 0 Å². The number of aryl methyl sites for hydroxylation is 1. The topological polar surface area (TPSA) is 52.2 Å². The maximum atomic E-state index is 11.5. The van der Waals surface area contributed by atoms with Crippen molar-refractivity contribution in [1.29, 1.82) is 0 Å². The predicted molar refractivity (Wildman–Crippen MR) is 46.9 cm³/mol. The highest BCUT2D eigenvalue weighted by Crippen LogP contribution is 2.15. The van der Waals surface area contributed by atoms with Crippen LogP contribution in [0, 0.1) is 0 Å². The number of rotatable bonds is 0. The molecule has 1 heterocycles. The second kappa shape index (κ2) is 2.87. The van der Waals surface area contributed by atoms with Crippen LogP contribution in [-0.2, 0) is 19.9 Å². The van der Waals surface area contributed by atoms with Gasteiger partial charge in [-0.25, -0.2) is 9.36 Å². The molecule has 1 aromatic rings. The van der Waals surface area contributed by atoms with Crippen molar-refractivity contribution in [2.45, 2.75) is 25.7 Å². The van der Waals surface area contributed by atoms with E-state index in [4.69, 9.17) is 4.42 Å². The smallest absolute Gasteiger partial charge is 0.414 e. The Labute approximate surface area is 74.8 Å². The molecule has 0 fully saturated rings. The number of fused-ring (bicyclic) bond motifs is 1. The van der Waals surface area contributed by atoms with E-state index in [0.29, 0.717) is 11.3 Å². The van der Waals surface area contributed by atoms with Gasteiger partial charge in [0.25, 0.3) is 5.56 Å². The van der Waals surface area contributed by atoms with Crippen molar-refractivity contribution in [2.24, 2.45) is 7.05 Å². The Balaban J connectivity index is 2.75. The summed E-state index contributed by atoms with van der Waals surface area (Å²) in [6.07, 6.45) is 3.48. The highest BCUT2D eigenvalue weighted by Gasteiger charge is 2.17. The summed E-state index contributed by atoms with van der Waals surface area (Å²) < 4.78 is 6.05. The van der Waals surface area contributed by atoms with E-state index in [9.17, 15) is 9.59 Å². The van der Waals surface area contributed by atoms with Crippen molar-refractivity contribution in [3.63, 3.8) is 0 Å². The van der Waals surface area contributed by atoms with E-state index in [2.05, 4.69) is 0 Å². The molecule has 1 aromatic heterocycles. The first-order chi connectivity index (χ1) is 6.20. The first-order valence-corrected chi connectivity index (χ1v) is 4.42. The zero-order chi connectivity index (χ0) is 9.42. The van der Waals surface area contributed by atoms with Crippen LogP contribution < -0.4 is 11.3 Å². The predicted octanol–water partition coefficient (Wildman–Crippen LogP) is 0.217. The number of hydrogen-bond donors (Lipinski definition) is 0. The SMILES string of the molecule is Cn1c(=O)oc2c(c1=O)CCCC2. The molecule has 0 unspecified atom stereocenters. The molecule has 4 nitrogen and oxygen atoms in total. The van der Waals surface area contributed by atoms with Crippen molar-refractivity contribution in [3.05, 3.63) is 32.2 Å². The number of nitrogens with zero attached hydrogens (tertiary/aromatic N) is 1. The lowest BCUT2D eigenvalue weighted by Gasteiger charge is -2.12. The van der Waals surface area contributed by atoms with Gasteiger partial charge < -0.3 is 4.42 Å². The highest BCUT2D eigenvalue weighted by molar-refractivity contribution is 5.16. The third-order valence-electron chi connectivity index (χ3n) is 2.46. The zero-order valence-corrected chi connectivity index (χ0v) is 7.50. The fourth-order valence-electron chi connectivity index (χ4n) is 1.68. The molecule has 0 atom stereocenters. The van der Waals surface area contributed by atoms with Crippen LogP contribution in [0.25, 0.3) is 0 Å². The summed E-state index contributed by atoms with van der Waals surface area (Å²) in [6.45, 7) is 0. The molecule has 0 bridgehead atoms. The van der Waals surface area contributed by atoms with Crippen LogP contribution >= 0.6 is 0 Å². The van der Waals surface area contributed by atoms with E-state index in [1.807, 2.05) is 0 Å². The molecule has 2 rings (SSSR count). The molecular formula is C9H11NO3. The number of hydrogen-bond acceptors (Lipinski definition) is 3. The van der Waals surface area contributed by atoms with Gasteiger partial charge in [0, 0.05) is 13.5 Å². The quantitative estimate of drug-likeness (QED) is 0.575. The first-order valence-electron chi connectivity index (χ1n) is 4.42. The van der Waals surface area contributed by atoms with Crippen LogP contribution in [0.5, 0.6) is 0 Å². The fourth-order valence-corrected chi connectivity index (χ4v) is 1.68. The summed E-state index contributed by atoms with van der Waals surface area (Å²) in [5, 5.41) is 0. The first kappa shape index (κ1) is 8.29. The largest absolute Gasteiger partial charge is 0.421 e. The normalized spacial score (nSPS) is 15.5. The van der Waals surface area contributed by atoms with Crippen LogP contribution in [0.15, 0.2) is 14.0 Å². The molecule has 0 N–H and O–H groups in total. The third-order valence-corrected chi connectivity index (χ3v) is 2.46. The van der Waals surface area contributed by atoms with E-state index in [1.165, 1.54) is 7.05 Å². The van der Waals surface area contributed by atoms with Gasteiger partial charge in [-0.05, 0) is 19.3 Å². The van der Waals surface area contributed by atoms with Gasteiger partial charge in [-0.2, -0.15) is 0 Å². The average Bonchev–Trinajstić information content (AvgIpc) is 2.15. The minimum absolute atomic E-state index is 0.189. The monoisotopic (exact) mass is 181 g/mol. The zero-order valence-electron chi connectivity index (χ0n) is 7.50. The van der Waals surface area contributed by atoms with Gasteiger partial charge in [-0.15, -0.1) is 0 Å². The fraction of sp³-hybridized carbons (Fsp3) is 0.556. The lowest BCUT2D eigenvalue weighted by Crippen LogP contribution is -2.34. The minimum atomic E-state index is -0.550. The Morgan fingerprint density at radius 2 is 1.92 bits per heavy atom. The van der Waals surface area contributed by atoms with Gasteiger partial charge in [-0.3, -0.25) is 4.79 Å². The van der Waals surface area contributed by atoms with Crippen molar-refractivity contribution >= 4 is 0 Å². The molecule has 0 aromatic carbocycles. The third kappa shape index (κ3) is 1.22. The van der Waals surface area contributed by atoms with E-state index in [-0.39, 0.29) is 5.56 Å². The molecule has 4 heteroatoms. The second-order valence-electron chi connectivity index (χ2n) is 3.34. The molecule has 1 aliphatic carbocycles. The van der Waals surface area contributed by atoms with Crippen LogP contribution in [0.3, 0.4) is 0 Å². The maximum absolute atomic E-state index is 11.5. The Bertz CT molecular complexity index is 441. The van der Waals surface area contributed by atoms with Crippen molar-refractivity contribution in [1.82, 2.24) is 4.57 Å². The van der Waals surface area contributed by atoms with Gasteiger partial charge in [-0.1, -0.05) is 0 Å². The summed E-state index contributed by atoms with van der Waals surface area (Å²) in [7, 11) is 1.45. The molecular weight excluding hydrogens is 170 g/mol. The van der Waals surface area contributed by atoms with Crippen molar-refractivity contribution < 1.29 is 4.42 Å². The molecule has 0 aliphatic heterocycles. The second-order valence-corrected chi connectivity index (χ2v) is 3.34. The van der Waals surface area contributed by atoms with Gasteiger partial charge in [0.15, 0.2) is 0 Å². The van der Waals surface area contributed by atoms with Gasteiger partial charge in [0.1, 0.15) is 5.76 Å². The standard InChI is InChI=1S/C9H11NO3/c1-10-8(11)6-4-2-3-5-7(6)13-9(10)12/h2-5H2,1H3. The Morgan fingerprint density at radius 1 is 1.23 bits per heavy atom. The van der Waals surface area contributed by atoms with E-state index in [0.717, 1.165) is 30.3 Å². The van der Waals surface area contributed by atoms with E-state index >= 15 is 0 Å². The number of aromatic nitrogens is 1. The van der Waals surface area contributed by atoms with Crippen LogP contribution in [0.2, 0.25) is 0 Å². The molecule has 1 aliphatic rings. The molecule has 0 amide bonds. The van der Waals surface area contributed by atoms with Crippen molar-refractivity contribution in [3.8, 4) is 0 Å². The maximum Gasteiger partial charge on any atom is 0.421 e. The Hall–Kier alpha value is -1.32. The van der Waals surface area contributed by atoms with Crippen LogP contribution in [0.1, 0.15) is 24.2 Å². The molecule has 0 saturated heterocycles. The Kier molecular flexibility index (Phi) is 1.83. The van der Waals surface area contributed by atoms with Gasteiger partial charge in [0.2, 0.25) is 0 Å². The Morgan fingerprint density at radius 3 is 2.69 bits per heavy atom. The molecule has 70 valence electrons. The lowest BCUT2D eigenvalue weighted by molar-refractivity contribution is 0.377. The molecule has 0 spiro atoms. The van der Waals surface area contributed by atoms with E-state index < -0.39 is 5.76 Å². The average molecular weight is 181 g/mol. The molecule has 0 saturated carbocycles. The highest BCUT2D eigenvalue weighted by atomic mass is 16.4. The van der Waals surface area contributed by atoms with Crippen LogP contribution in [0.4, 0.5) is 0 Å². The summed E-state index contributed by atoms with van der Waals surface area (Å²) in [5.41, 5.74) is 0.499. The molecule has 13 heavy (non-hydrogen) atoms. The van der Waals surface area contributed by atoms with Crippen molar-refractivity contribution in [2.75, 3.05) is 0 Å². The summed E-state index contributed by atoms with van der Waals surface area (Å²) in [6, 6.07) is 0.